The van der Waals surface area contributed by atoms with Crippen LogP contribution in [-0.2, 0) is 13.0 Å². The molecule has 3 aromatic carbocycles. The Labute approximate surface area is 196 Å². The third kappa shape index (κ3) is 4.88. The van der Waals surface area contributed by atoms with Gasteiger partial charge in [0.1, 0.15) is 0 Å². The summed E-state index contributed by atoms with van der Waals surface area (Å²) in [6.45, 7) is 6.36. The van der Waals surface area contributed by atoms with E-state index in [4.69, 9.17) is 9.47 Å². The van der Waals surface area contributed by atoms with Gasteiger partial charge in [-0.1, -0.05) is 42.5 Å². The molecule has 1 aliphatic rings. The Morgan fingerprint density at radius 1 is 0.970 bits per heavy atom. The van der Waals surface area contributed by atoms with E-state index in [2.05, 4.69) is 53.5 Å². The van der Waals surface area contributed by atoms with Crippen molar-refractivity contribution in [3.05, 3.63) is 94.0 Å². The van der Waals surface area contributed by atoms with Gasteiger partial charge in [-0.25, -0.2) is 0 Å². The number of fused-ring (bicyclic) bond motifs is 1. The number of nitrogens with zero attached hydrogens (tertiary/aromatic N) is 1. The van der Waals surface area contributed by atoms with Gasteiger partial charge in [0.15, 0.2) is 11.5 Å². The van der Waals surface area contributed by atoms with Crippen LogP contribution >= 0.6 is 0 Å². The summed E-state index contributed by atoms with van der Waals surface area (Å²) in [4.78, 5) is 15.4. The van der Waals surface area contributed by atoms with Crippen LogP contribution in [-0.4, -0.2) is 38.1 Å². The SMILES string of the molecule is COc1cc2c(cc1OC)C(CNC(=O)c1ccccc1C)N(Cc1ccccc1C)CC2. The molecule has 1 amide bonds. The molecule has 0 fully saturated rings. The molecule has 33 heavy (non-hydrogen) atoms. The second-order valence-corrected chi connectivity index (χ2v) is 8.59. The summed E-state index contributed by atoms with van der Waals surface area (Å²) in [5, 5.41) is 3.19. The number of carbonyl (C=O) groups is 1. The number of benzene rings is 3. The first-order valence-corrected chi connectivity index (χ1v) is 11.4. The van der Waals surface area contributed by atoms with Crippen molar-refractivity contribution in [1.29, 1.82) is 0 Å². The van der Waals surface area contributed by atoms with Gasteiger partial charge in [-0.2, -0.15) is 0 Å². The van der Waals surface area contributed by atoms with Crippen LogP contribution < -0.4 is 14.8 Å². The maximum Gasteiger partial charge on any atom is 0.251 e. The molecular formula is C28H32N2O3. The van der Waals surface area contributed by atoms with Crippen molar-refractivity contribution in [3.63, 3.8) is 0 Å². The number of hydrogen-bond acceptors (Lipinski definition) is 4. The number of ether oxygens (including phenoxy) is 2. The van der Waals surface area contributed by atoms with Crippen molar-refractivity contribution in [2.45, 2.75) is 32.9 Å². The van der Waals surface area contributed by atoms with E-state index in [1.54, 1.807) is 14.2 Å². The number of hydrogen-bond donors (Lipinski definition) is 1. The number of nitrogens with one attached hydrogen (secondary N) is 1. The summed E-state index contributed by atoms with van der Waals surface area (Å²) in [6.07, 6.45) is 0.920. The van der Waals surface area contributed by atoms with Gasteiger partial charge >= 0.3 is 0 Å². The Hall–Kier alpha value is -3.31. The molecule has 5 nitrogen and oxygen atoms in total. The maximum atomic E-state index is 13.0. The number of rotatable bonds is 7. The second-order valence-electron chi connectivity index (χ2n) is 8.59. The first-order chi connectivity index (χ1) is 16.0. The fraction of sp³-hybridized carbons (Fsp3) is 0.321. The Kier molecular flexibility index (Phi) is 6.99. The average Bonchev–Trinajstić information content (AvgIpc) is 2.83. The van der Waals surface area contributed by atoms with E-state index < -0.39 is 0 Å². The highest BCUT2D eigenvalue weighted by Gasteiger charge is 2.30. The minimum atomic E-state index is -0.0449. The van der Waals surface area contributed by atoms with Gasteiger partial charge in [-0.05, 0) is 66.3 Å². The van der Waals surface area contributed by atoms with Gasteiger partial charge < -0.3 is 14.8 Å². The molecule has 3 aromatic rings. The largest absolute Gasteiger partial charge is 0.493 e. The molecule has 0 saturated carbocycles. The zero-order valence-electron chi connectivity index (χ0n) is 19.9. The highest BCUT2D eigenvalue weighted by molar-refractivity contribution is 5.95. The van der Waals surface area contributed by atoms with E-state index >= 15 is 0 Å². The standard InChI is InChI=1S/C28H32N2O3/c1-19-9-5-7-11-22(19)18-30-14-13-21-15-26(32-3)27(33-4)16-24(21)25(30)17-29-28(31)23-12-8-6-10-20(23)2/h5-12,15-16,25H,13-14,17-18H2,1-4H3,(H,29,31). The van der Waals surface area contributed by atoms with Crippen molar-refractivity contribution in [2.75, 3.05) is 27.3 Å². The van der Waals surface area contributed by atoms with E-state index in [0.29, 0.717) is 17.9 Å². The zero-order valence-corrected chi connectivity index (χ0v) is 19.9. The Balaban J connectivity index is 1.65. The van der Waals surface area contributed by atoms with Crippen molar-refractivity contribution in [3.8, 4) is 11.5 Å². The predicted octanol–water partition coefficient (Wildman–Crippen LogP) is 4.85. The van der Waals surface area contributed by atoms with Crippen LogP contribution in [0.2, 0.25) is 0 Å². The minimum absolute atomic E-state index is 0.0288. The van der Waals surface area contributed by atoms with Crippen LogP contribution in [0.25, 0.3) is 0 Å². The van der Waals surface area contributed by atoms with E-state index in [-0.39, 0.29) is 11.9 Å². The van der Waals surface area contributed by atoms with Crippen LogP contribution in [0.5, 0.6) is 11.5 Å². The molecule has 0 radical (unpaired) electrons. The van der Waals surface area contributed by atoms with E-state index in [0.717, 1.165) is 30.8 Å². The highest BCUT2D eigenvalue weighted by atomic mass is 16.5. The normalized spacial score (nSPS) is 15.6. The van der Waals surface area contributed by atoms with E-state index in [1.165, 1.54) is 22.3 Å². The van der Waals surface area contributed by atoms with Gasteiger partial charge in [-0.3, -0.25) is 9.69 Å². The van der Waals surface area contributed by atoms with Gasteiger partial charge in [-0.15, -0.1) is 0 Å². The van der Waals surface area contributed by atoms with Crippen LogP contribution in [0.3, 0.4) is 0 Å². The number of amides is 1. The Morgan fingerprint density at radius 3 is 2.33 bits per heavy atom. The Bertz CT molecular complexity index is 1140. The summed E-state index contributed by atoms with van der Waals surface area (Å²) >= 11 is 0. The molecule has 1 atom stereocenters. The Morgan fingerprint density at radius 2 is 1.64 bits per heavy atom. The third-order valence-corrected chi connectivity index (χ3v) is 6.59. The summed E-state index contributed by atoms with van der Waals surface area (Å²) in [5.41, 5.74) is 6.69. The summed E-state index contributed by atoms with van der Waals surface area (Å²) in [5.74, 6) is 1.41. The summed E-state index contributed by atoms with van der Waals surface area (Å²) in [6, 6.07) is 20.4. The fourth-order valence-electron chi connectivity index (χ4n) is 4.63. The van der Waals surface area contributed by atoms with Crippen LogP contribution in [0.4, 0.5) is 0 Å². The average molecular weight is 445 g/mol. The molecule has 0 saturated heterocycles. The molecule has 172 valence electrons. The van der Waals surface area contributed by atoms with Crippen LogP contribution in [0.15, 0.2) is 60.7 Å². The first kappa shape index (κ1) is 22.9. The maximum absolute atomic E-state index is 13.0. The molecule has 1 aliphatic heterocycles. The molecule has 1 N–H and O–H groups in total. The quantitative estimate of drug-likeness (QED) is 0.566. The molecule has 4 rings (SSSR count). The molecule has 1 unspecified atom stereocenters. The lowest BCUT2D eigenvalue weighted by Gasteiger charge is -2.38. The van der Waals surface area contributed by atoms with E-state index in [9.17, 15) is 4.79 Å². The van der Waals surface area contributed by atoms with Gasteiger partial charge in [0, 0.05) is 25.2 Å². The summed E-state index contributed by atoms with van der Waals surface area (Å²) in [7, 11) is 3.32. The van der Waals surface area contributed by atoms with Gasteiger partial charge in [0.25, 0.3) is 5.91 Å². The summed E-state index contributed by atoms with van der Waals surface area (Å²) < 4.78 is 11.1. The molecular weight excluding hydrogens is 412 g/mol. The van der Waals surface area contributed by atoms with Crippen LogP contribution in [0, 0.1) is 13.8 Å². The van der Waals surface area contributed by atoms with Gasteiger partial charge in [0.2, 0.25) is 0 Å². The van der Waals surface area contributed by atoms with E-state index in [1.807, 2.05) is 31.2 Å². The lowest BCUT2D eigenvalue weighted by Crippen LogP contribution is -2.42. The number of carbonyl (C=O) groups excluding carboxylic acids is 1. The predicted molar refractivity (Wildman–Crippen MR) is 131 cm³/mol. The topological polar surface area (TPSA) is 50.8 Å². The molecule has 0 aliphatic carbocycles. The number of aryl methyl sites for hydroxylation is 2. The van der Waals surface area contributed by atoms with Gasteiger partial charge in [0.05, 0.1) is 20.3 Å². The fourth-order valence-corrected chi connectivity index (χ4v) is 4.63. The third-order valence-electron chi connectivity index (χ3n) is 6.59. The highest BCUT2D eigenvalue weighted by Crippen LogP contribution is 2.38. The first-order valence-electron chi connectivity index (χ1n) is 11.4. The second kappa shape index (κ2) is 10.1. The minimum Gasteiger partial charge on any atom is -0.493 e. The number of methoxy groups -OCH3 is 2. The lowest BCUT2D eigenvalue weighted by atomic mass is 9.91. The van der Waals surface area contributed by atoms with Crippen molar-refractivity contribution in [1.82, 2.24) is 10.2 Å². The smallest absolute Gasteiger partial charge is 0.251 e. The monoisotopic (exact) mass is 444 g/mol. The van der Waals surface area contributed by atoms with Crippen molar-refractivity contribution in [2.24, 2.45) is 0 Å². The van der Waals surface area contributed by atoms with Crippen molar-refractivity contribution < 1.29 is 14.3 Å². The zero-order chi connectivity index (χ0) is 23.4. The van der Waals surface area contributed by atoms with Crippen LogP contribution in [0.1, 0.15) is 44.2 Å². The lowest BCUT2D eigenvalue weighted by molar-refractivity contribution is 0.0925. The van der Waals surface area contributed by atoms with Crippen molar-refractivity contribution >= 4 is 5.91 Å². The molecule has 1 heterocycles. The molecule has 0 aromatic heterocycles. The molecule has 5 heteroatoms. The molecule has 0 spiro atoms. The molecule has 0 bridgehead atoms.